The molecule has 1 aromatic carbocycles. The monoisotopic (exact) mass is 490 g/mol. The number of hydrogen-bond acceptors (Lipinski definition) is 6. The zero-order valence-electron chi connectivity index (χ0n) is 22.4. The number of benzene rings is 1. The molecule has 3 aliphatic rings. The Morgan fingerprint density at radius 2 is 1.92 bits per heavy atom. The van der Waals surface area contributed by atoms with Crippen molar-refractivity contribution in [3.8, 4) is 0 Å². The van der Waals surface area contributed by atoms with Crippen molar-refractivity contribution >= 4 is 6.34 Å². The summed E-state index contributed by atoms with van der Waals surface area (Å²) in [5.74, 6) is 2.08. The predicted molar refractivity (Wildman–Crippen MR) is 148 cm³/mol. The van der Waals surface area contributed by atoms with Gasteiger partial charge >= 0.3 is 0 Å². The Kier molecular flexibility index (Phi) is 9.05. The molecule has 36 heavy (non-hydrogen) atoms. The molecule has 0 bridgehead atoms. The molecular weight excluding hydrogens is 448 g/mol. The maximum Gasteiger partial charge on any atom is 0.129 e. The van der Waals surface area contributed by atoms with Gasteiger partial charge in [0.15, 0.2) is 0 Å². The lowest BCUT2D eigenvalue weighted by Crippen LogP contribution is -2.43. The van der Waals surface area contributed by atoms with E-state index in [4.69, 9.17) is 9.47 Å². The molecule has 6 nitrogen and oxygen atoms in total. The van der Waals surface area contributed by atoms with Gasteiger partial charge in [-0.25, -0.2) is 0 Å². The third kappa shape index (κ3) is 6.11. The molecule has 0 radical (unpaired) electrons. The SMILES string of the molecule is COC1=C(CNCCN(CC2CN=CN2)C2=CC(C)C(c3ccccc3)C=C2C)C=CC(C)C1OC. The van der Waals surface area contributed by atoms with Crippen molar-refractivity contribution in [2.45, 2.75) is 38.8 Å². The largest absolute Gasteiger partial charge is 0.498 e. The van der Waals surface area contributed by atoms with E-state index in [2.05, 4.69) is 95.9 Å². The molecular formula is C30H42N4O2. The molecule has 0 saturated carbocycles. The summed E-state index contributed by atoms with van der Waals surface area (Å²) in [6.45, 7) is 11.0. The van der Waals surface area contributed by atoms with Crippen LogP contribution in [0.3, 0.4) is 0 Å². The summed E-state index contributed by atoms with van der Waals surface area (Å²) in [6.07, 6.45) is 11.1. The Balaban J connectivity index is 1.43. The van der Waals surface area contributed by atoms with Gasteiger partial charge in [0.2, 0.25) is 0 Å². The third-order valence-corrected chi connectivity index (χ3v) is 7.52. The average molecular weight is 491 g/mol. The molecule has 0 saturated heterocycles. The predicted octanol–water partition coefficient (Wildman–Crippen LogP) is 4.26. The van der Waals surface area contributed by atoms with Crippen molar-refractivity contribution in [2.24, 2.45) is 16.8 Å². The van der Waals surface area contributed by atoms with Crippen molar-refractivity contribution in [1.82, 2.24) is 15.5 Å². The smallest absolute Gasteiger partial charge is 0.129 e. The molecule has 0 aromatic heterocycles. The summed E-state index contributed by atoms with van der Waals surface area (Å²) in [5, 5.41) is 7.06. The van der Waals surface area contributed by atoms with Gasteiger partial charge < -0.3 is 25.0 Å². The molecule has 5 atom stereocenters. The van der Waals surface area contributed by atoms with E-state index in [1.54, 1.807) is 14.2 Å². The van der Waals surface area contributed by atoms with E-state index in [9.17, 15) is 0 Å². The van der Waals surface area contributed by atoms with E-state index in [1.807, 2.05) is 6.34 Å². The average Bonchev–Trinajstić information content (AvgIpc) is 3.41. The molecule has 6 heteroatoms. The van der Waals surface area contributed by atoms with Gasteiger partial charge in [0, 0.05) is 56.4 Å². The highest BCUT2D eigenvalue weighted by atomic mass is 16.5. The van der Waals surface area contributed by atoms with Gasteiger partial charge in [-0.1, -0.05) is 68.5 Å². The summed E-state index contributed by atoms with van der Waals surface area (Å²) in [4.78, 5) is 6.91. The molecule has 2 N–H and O–H groups in total. The van der Waals surface area contributed by atoms with Gasteiger partial charge in [-0.05, 0) is 24.0 Å². The van der Waals surface area contributed by atoms with Crippen LogP contribution in [0.5, 0.6) is 0 Å². The Morgan fingerprint density at radius 3 is 2.61 bits per heavy atom. The lowest BCUT2D eigenvalue weighted by atomic mass is 9.81. The molecule has 4 rings (SSSR count). The number of ether oxygens (including phenoxy) is 2. The number of aliphatic imine (C=N–C) groups is 1. The zero-order chi connectivity index (χ0) is 25.5. The number of methoxy groups -OCH3 is 2. The molecule has 1 heterocycles. The molecule has 2 aliphatic carbocycles. The molecule has 194 valence electrons. The van der Waals surface area contributed by atoms with Crippen molar-refractivity contribution in [1.29, 1.82) is 0 Å². The fourth-order valence-electron chi connectivity index (χ4n) is 5.52. The van der Waals surface area contributed by atoms with Gasteiger partial charge in [-0.15, -0.1) is 0 Å². The van der Waals surface area contributed by atoms with E-state index in [-0.39, 0.29) is 6.10 Å². The van der Waals surface area contributed by atoms with Crippen molar-refractivity contribution in [3.63, 3.8) is 0 Å². The molecule has 1 aliphatic heterocycles. The fraction of sp³-hybridized carbons (Fsp3) is 0.500. The highest BCUT2D eigenvalue weighted by molar-refractivity contribution is 5.57. The highest BCUT2D eigenvalue weighted by Crippen LogP contribution is 2.36. The number of nitrogens with zero attached hydrogens (tertiary/aromatic N) is 2. The summed E-state index contributed by atoms with van der Waals surface area (Å²) in [6, 6.07) is 11.2. The summed E-state index contributed by atoms with van der Waals surface area (Å²) in [7, 11) is 3.49. The second kappa shape index (κ2) is 12.4. The lowest BCUT2D eigenvalue weighted by Gasteiger charge is -2.35. The van der Waals surface area contributed by atoms with Crippen LogP contribution in [-0.2, 0) is 9.47 Å². The van der Waals surface area contributed by atoms with Crippen LogP contribution in [0.15, 0.2) is 82.2 Å². The third-order valence-electron chi connectivity index (χ3n) is 7.52. The first-order chi connectivity index (χ1) is 17.5. The van der Waals surface area contributed by atoms with Crippen LogP contribution in [0.1, 0.15) is 32.3 Å². The van der Waals surface area contributed by atoms with Crippen LogP contribution in [0, 0.1) is 11.8 Å². The van der Waals surface area contributed by atoms with Gasteiger partial charge in [0.05, 0.1) is 26.0 Å². The van der Waals surface area contributed by atoms with Crippen LogP contribution < -0.4 is 10.6 Å². The number of nitrogens with one attached hydrogen (secondary N) is 2. The van der Waals surface area contributed by atoms with Crippen LogP contribution in [-0.4, -0.2) is 70.3 Å². The van der Waals surface area contributed by atoms with Crippen molar-refractivity contribution in [2.75, 3.05) is 46.9 Å². The van der Waals surface area contributed by atoms with Crippen molar-refractivity contribution in [3.05, 3.63) is 82.8 Å². The minimum absolute atomic E-state index is 0.0269. The minimum Gasteiger partial charge on any atom is -0.498 e. The summed E-state index contributed by atoms with van der Waals surface area (Å²) < 4.78 is 11.4. The Morgan fingerprint density at radius 1 is 1.11 bits per heavy atom. The summed E-state index contributed by atoms with van der Waals surface area (Å²) >= 11 is 0. The molecule has 1 aromatic rings. The molecule has 0 amide bonds. The maximum absolute atomic E-state index is 5.73. The first kappa shape index (κ1) is 26.2. The van der Waals surface area contributed by atoms with Crippen LogP contribution in [0.2, 0.25) is 0 Å². The standard InChI is InChI=1S/C30H42N4O2/c1-21-11-12-25(30(36-5)29(21)35-4)17-31-13-14-34(19-26-18-32-20-33-26)28-16-22(2)27(15-23(28)3)24-9-7-6-8-10-24/h6-12,15-16,20-22,26-27,29,31H,13-14,17-19H2,1-5H3,(H,32,33). The van der Waals surface area contributed by atoms with Gasteiger partial charge in [-0.2, -0.15) is 0 Å². The number of rotatable bonds is 11. The van der Waals surface area contributed by atoms with Crippen LogP contribution in [0.4, 0.5) is 0 Å². The van der Waals surface area contributed by atoms with Gasteiger partial charge in [0.25, 0.3) is 0 Å². The van der Waals surface area contributed by atoms with Crippen LogP contribution in [0.25, 0.3) is 0 Å². The Labute approximate surface area is 216 Å². The van der Waals surface area contributed by atoms with E-state index < -0.39 is 0 Å². The topological polar surface area (TPSA) is 58.1 Å². The first-order valence-electron chi connectivity index (χ1n) is 13.2. The second-order valence-electron chi connectivity index (χ2n) is 10.1. The van der Waals surface area contributed by atoms with Gasteiger partial charge in [-0.3, -0.25) is 4.99 Å². The molecule has 0 fully saturated rings. The molecule has 0 spiro atoms. The zero-order valence-corrected chi connectivity index (χ0v) is 22.4. The van der Waals surface area contributed by atoms with Crippen molar-refractivity contribution < 1.29 is 9.47 Å². The summed E-state index contributed by atoms with van der Waals surface area (Å²) in [5.41, 5.74) is 5.22. The Bertz CT molecular complexity index is 1020. The number of hydrogen-bond donors (Lipinski definition) is 2. The molecule has 5 unspecified atom stereocenters. The van der Waals surface area contributed by atoms with E-state index in [0.29, 0.717) is 23.8 Å². The van der Waals surface area contributed by atoms with E-state index >= 15 is 0 Å². The fourth-order valence-corrected chi connectivity index (χ4v) is 5.52. The quantitative estimate of drug-likeness (QED) is 0.454. The highest BCUT2D eigenvalue weighted by Gasteiger charge is 2.27. The Hall–Kier alpha value is -2.83. The van der Waals surface area contributed by atoms with E-state index in [1.165, 1.54) is 16.8 Å². The first-order valence-corrected chi connectivity index (χ1v) is 13.2. The normalized spacial score (nSPS) is 27.5. The second-order valence-corrected chi connectivity index (χ2v) is 10.1. The maximum atomic E-state index is 5.73. The van der Waals surface area contributed by atoms with Crippen LogP contribution >= 0.6 is 0 Å². The number of allylic oxidation sites excluding steroid dienone is 3. The lowest BCUT2D eigenvalue weighted by molar-refractivity contribution is 0.0516. The minimum atomic E-state index is -0.0269. The van der Waals surface area contributed by atoms with Gasteiger partial charge in [0.1, 0.15) is 11.9 Å². The van der Waals surface area contributed by atoms with E-state index in [0.717, 1.165) is 44.1 Å².